The highest BCUT2D eigenvalue weighted by molar-refractivity contribution is 7.80. The van der Waals surface area contributed by atoms with Crippen molar-refractivity contribution in [3.63, 3.8) is 0 Å². The summed E-state index contributed by atoms with van der Waals surface area (Å²) in [5.41, 5.74) is 4.63. The average molecular weight is 341 g/mol. The van der Waals surface area contributed by atoms with Crippen molar-refractivity contribution >= 4 is 40.5 Å². The Morgan fingerprint density at radius 1 is 1.55 bits per heavy atom. The molecule has 1 heterocycles. The zero-order valence-electron chi connectivity index (χ0n) is 12.4. The van der Waals surface area contributed by atoms with Crippen LogP contribution in [-0.4, -0.2) is 29.9 Å². The summed E-state index contributed by atoms with van der Waals surface area (Å²) in [6.07, 6.45) is 0.757. The highest BCUT2D eigenvalue weighted by atomic mass is 35.5. The molecule has 0 fully saturated rings. The molecule has 1 aromatic carbocycles. The second-order valence-electron chi connectivity index (χ2n) is 4.88. The van der Waals surface area contributed by atoms with Crippen LogP contribution in [0.4, 0.5) is 0 Å². The van der Waals surface area contributed by atoms with Crippen molar-refractivity contribution in [1.82, 2.24) is 5.43 Å². The van der Waals surface area contributed by atoms with Gasteiger partial charge in [-0.2, -0.15) is 5.10 Å². The third-order valence-corrected chi connectivity index (χ3v) is 3.69. The first-order chi connectivity index (χ1) is 10.5. The quantitative estimate of drug-likeness (QED) is 0.659. The Labute approximate surface area is 139 Å². The summed E-state index contributed by atoms with van der Waals surface area (Å²) in [6, 6.07) is 5.35. The number of carbonyl (C=O) groups excluding carboxylic acids is 1. The van der Waals surface area contributed by atoms with E-state index < -0.39 is 5.97 Å². The number of rotatable bonds is 5. The number of nitrogens with zero attached hydrogens (tertiary/aromatic N) is 1. The summed E-state index contributed by atoms with van der Waals surface area (Å²) in [7, 11) is 0. The smallest absolute Gasteiger partial charge is 0.344 e. The molecule has 1 aliphatic rings. The van der Waals surface area contributed by atoms with E-state index in [0.717, 1.165) is 22.7 Å². The molecule has 22 heavy (non-hydrogen) atoms. The van der Waals surface area contributed by atoms with Gasteiger partial charge in [-0.25, -0.2) is 4.79 Å². The van der Waals surface area contributed by atoms with Gasteiger partial charge in [-0.3, -0.25) is 5.43 Å². The van der Waals surface area contributed by atoms with Gasteiger partial charge in [0.15, 0.2) is 6.61 Å². The lowest BCUT2D eigenvalue weighted by molar-refractivity contribution is -0.145. The Kier molecular flexibility index (Phi) is 5.74. The number of benzene rings is 1. The largest absolute Gasteiger partial charge is 0.480 e. The van der Waals surface area contributed by atoms with Crippen molar-refractivity contribution in [3.8, 4) is 5.75 Å². The van der Waals surface area contributed by atoms with Gasteiger partial charge >= 0.3 is 5.97 Å². The number of esters is 1. The minimum Gasteiger partial charge on any atom is -0.480 e. The molecule has 1 unspecified atom stereocenters. The zero-order chi connectivity index (χ0) is 16.1. The lowest BCUT2D eigenvalue weighted by Crippen LogP contribution is -2.30. The first kappa shape index (κ1) is 16.7. The Bertz CT molecular complexity index is 619. The van der Waals surface area contributed by atoms with Crippen LogP contribution < -0.4 is 10.2 Å². The standard InChI is InChI=1S/C15H17ClN2O3S/c1-3-20-14(19)8-21-12-5-4-10(7-11(12)16)15-9(2)6-13(22)17-18-15/h4-5,7,9H,3,6,8H2,1-2H3,(H,17,22). The van der Waals surface area contributed by atoms with Crippen molar-refractivity contribution in [2.24, 2.45) is 11.0 Å². The topological polar surface area (TPSA) is 59.9 Å². The molecule has 0 bridgehead atoms. The molecule has 0 saturated carbocycles. The molecule has 0 amide bonds. The summed E-state index contributed by atoms with van der Waals surface area (Å²) in [6.45, 7) is 3.96. The van der Waals surface area contributed by atoms with Crippen LogP contribution in [0.5, 0.6) is 5.75 Å². The lowest BCUT2D eigenvalue weighted by atomic mass is 9.94. The average Bonchev–Trinajstić information content (AvgIpc) is 2.46. The van der Waals surface area contributed by atoms with Crippen LogP contribution >= 0.6 is 23.8 Å². The van der Waals surface area contributed by atoms with Crippen LogP contribution in [0, 0.1) is 5.92 Å². The number of thiocarbonyl (C=S) groups is 1. The van der Waals surface area contributed by atoms with Crippen LogP contribution in [0.15, 0.2) is 23.3 Å². The van der Waals surface area contributed by atoms with Crippen molar-refractivity contribution in [2.45, 2.75) is 20.3 Å². The second kappa shape index (κ2) is 7.56. The minimum atomic E-state index is -0.425. The summed E-state index contributed by atoms with van der Waals surface area (Å²) >= 11 is 11.3. The molecule has 1 atom stereocenters. The molecule has 7 heteroatoms. The Hall–Kier alpha value is -1.66. The maximum absolute atomic E-state index is 11.3. The Balaban J connectivity index is 2.09. The van der Waals surface area contributed by atoms with Crippen molar-refractivity contribution in [1.29, 1.82) is 0 Å². The van der Waals surface area contributed by atoms with Crippen LogP contribution in [0.3, 0.4) is 0 Å². The van der Waals surface area contributed by atoms with E-state index in [4.69, 9.17) is 33.3 Å². The van der Waals surface area contributed by atoms with Crippen LogP contribution in [0.25, 0.3) is 0 Å². The number of hydrogen-bond acceptors (Lipinski definition) is 5. The summed E-state index contributed by atoms with van der Waals surface area (Å²) in [5, 5.41) is 4.70. The molecule has 118 valence electrons. The highest BCUT2D eigenvalue weighted by Crippen LogP contribution is 2.28. The number of carbonyl (C=O) groups is 1. The third kappa shape index (κ3) is 4.18. The van der Waals surface area contributed by atoms with E-state index >= 15 is 0 Å². The first-order valence-electron chi connectivity index (χ1n) is 6.96. The number of halogens is 1. The molecule has 5 nitrogen and oxygen atoms in total. The Morgan fingerprint density at radius 2 is 2.32 bits per heavy atom. The fraction of sp³-hybridized carbons (Fsp3) is 0.400. The third-order valence-electron chi connectivity index (χ3n) is 3.14. The van der Waals surface area contributed by atoms with Crippen LogP contribution in [0.2, 0.25) is 5.02 Å². The molecule has 0 radical (unpaired) electrons. The molecule has 1 N–H and O–H groups in total. The molecule has 0 spiro atoms. The zero-order valence-corrected chi connectivity index (χ0v) is 14.0. The normalized spacial score (nSPS) is 17.5. The maximum atomic E-state index is 11.3. The van der Waals surface area contributed by atoms with E-state index in [-0.39, 0.29) is 12.5 Å². The van der Waals surface area contributed by atoms with E-state index in [1.807, 2.05) is 6.07 Å². The number of nitrogens with one attached hydrogen (secondary N) is 1. The van der Waals surface area contributed by atoms with E-state index in [0.29, 0.717) is 17.4 Å². The van der Waals surface area contributed by atoms with Crippen LogP contribution in [0.1, 0.15) is 25.8 Å². The molecular weight excluding hydrogens is 324 g/mol. The van der Waals surface area contributed by atoms with Gasteiger partial charge in [-0.05, 0) is 30.7 Å². The van der Waals surface area contributed by atoms with Gasteiger partial charge in [-0.1, -0.05) is 30.7 Å². The number of ether oxygens (including phenoxy) is 2. The fourth-order valence-corrected chi connectivity index (χ4v) is 2.65. The van der Waals surface area contributed by atoms with Gasteiger partial charge in [0.1, 0.15) is 5.75 Å². The van der Waals surface area contributed by atoms with Gasteiger partial charge in [0.25, 0.3) is 0 Å². The van der Waals surface area contributed by atoms with E-state index in [1.165, 1.54) is 0 Å². The van der Waals surface area contributed by atoms with Gasteiger partial charge in [0.05, 0.1) is 22.3 Å². The van der Waals surface area contributed by atoms with E-state index in [2.05, 4.69) is 17.5 Å². The number of hydrazone groups is 1. The fourth-order valence-electron chi connectivity index (χ4n) is 2.12. The van der Waals surface area contributed by atoms with Gasteiger partial charge < -0.3 is 9.47 Å². The van der Waals surface area contributed by atoms with E-state index in [9.17, 15) is 4.79 Å². The first-order valence-corrected chi connectivity index (χ1v) is 7.74. The van der Waals surface area contributed by atoms with E-state index in [1.54, 1.807) is 19.1 Å². The molecule has 0 aromatic heterocycles. The lowest BCUT2D eigenvalue weighted by Gasteiger charge is -2.21. The molecule has 0 saturated heterocycles. The second-order valence-corrected chi connectivity index (χ2v) is 5.78. The predicted molar refractivity (Wildman–Crippen MR) is 89.6 cm³/mol. The molecule has 1 aromatic rings. The molecule has 2 rings (SSSR count). The van der Waals surface area contributed by atoms with Crippen LogP contribution in [-0.2, 0) is 9.53 Å². The highest BCUT2D eigenvalue weighted by Gasteiger charge is 2.20. The summed E-state index contributed by atoms with van der Waals surface area (Å²) in [4.78, 5) is 12.0. The predicted octanol–water partition coefficient (Wildman–Crippen LogP) is 2.94. The van der Waals surface area contributed by atoms with Crippen molar-refractivity contribution in [2.75, 3.05) is 13.2 Å². The van der Waals surface area contributed by atoms with Crippen molar-refractivity contribution in [3.05, 3.63) is 28.8 Å². The minimum absolute atomic E-state index is 0.167. The maximum Gasteiger partial charge on any atom is 0.344 e. The molecular formula is C15H17ClN2O3S. The summed E-state index contributed by atoms with van der Waals surface area (Å²) < 4.78 is 10.2. The monoisotopic (exact) mass is 340 g/mol. The molecule has 0 aliphatic carbocycles. The SMILES string of the molecule is CCOC(=O)COc1ccc(C2=NNC(=S)CC2C)cc1Cl. The van der Waals surface area contributed by atoms with Crippen molar-refractivity contribution < 1.29 is 14.3 Å². The van der Waals surface area contributed by atoms with Gasteiger partial charge in [0, 0.05) is 12.3 Å². The number of hydrogen-bond donors (Lipinski definition) is 1. The Morgan fingerprint density at radius 3 is 2.95 bits per heavy atom. The van der Waals surface area contributed by atoms with Gasteiger partial charge in [-0.15, -0.1) is 0 Å². The van der Waals surface area contributed by atoms with Gasteiger partial charge in [0.2, 0.25) is 0 Å². The summed E-state index contributed by atoms with van der Waals surface area (Å²) in [5.74, 6) is 0.229. The molecule has 1 aliphatic heterocycles.